The Morgan fingerprint density at radius 1 is 1.05 bits per heavy atom. The Kier molecular flexibility index (Phi) is 9.91. The third-order valence-corrected chi connectivity index (χ3v) is 2.93. The van der Waals surface area contributed by atoms with Gasteiger partial charge >= 0.3 is 11.9 Å². The van der Waals surface area contributed by atoms with Gasteiger partial charge < -0.3 is 21.1 Å². The molecule has 0 saturated heterocycles. The topological polar surface area (TPSA) is 145 Å². The van der Waals surface area contributed by atoms with Crippen LogP contribution in [0.4, 0.5) is 0 Å². The highest BCUT2D eigenvalue weighted by Crippen LogP contribution is 2.03. The monoisotopic (exact) mass is 291 g/mol. The maximum absolute atomic E-state index is 11.0. The van der Waals surface area contributed by atoms with Gasteiger partial charge in [0, 0.05) is 6.54 Å². The predicted molar refractivity (Wildman–Crippen MR) is 72.9 cm³/mol. The van der Waals surface area contributed by atoms with Gasteiger partial charge in [0.15, 0.2) is 0 Å². The third-order valence-electron chi connectivity index (χ3n) is 2.93. The van der Waals surface area contributed by atoms with Gasteiger partial charge in [-0.15, -0.1) is 0 Å². The average Bonchev–Trinajstić information content (AvgIpc) is 2.40. The summed E-state index contributed by atoms with van der Waals surface area (Å²) in [5, 5.41) is 27.3. The Labute approximate surface area is 118 Å². The first-order valence-corrected chi connectivity index (χ1v) is 6.77. The van der Waals surface area contributed by atoms with Gasteiger partial charge in [-0.05, 0) is 19.3 Å². The Morgan fingerprint density at radius 3 is 1.95 bits per heavy atom. The van der Waals surface area contributed by atoms with Crippen molar-refractivity contribution in [3.05, 3.63) is 0 Å². The zero-order chi connectivity index (χ0) is 15.5. The van der Waals surface area contributed by atoms with E-state index in [-0.39, 0.29) is 19.4 Å². The normalized spacial score (nSPS) is 15.6. The van der Waals surface area contributed by atoms with Crippen LogP contribution in [0.1, 0.15) is 39.0 Å². The Hall–Kier alpha value is -1.22. The molecule has 0 aromatic heterocycles. The summed E-state index contributed by atoms with van der Waals surface area (Å²) in [5.74, 6) is -2.14. The van der Waals surface area contributed by atoms with Crippen molar-refractivity contribution in [2.75, 3.05) is 6.54 Å². The first-order chi connectivity index (χ1) is 9.42. The molecule has 0 aliphatic heterocycles. The molecule has 0 spiro atoms. The predicted octanol–water partition coefficient (Wildman–Crippen LogP) is -0.723. The molecule has 7 N–H and O–H groups in total. The number of hydrazine groups is 1. The number of carboxylic acids is 2. The smallest absolute Gasteiger partial charge is 0.322 e. The molecular weight excluding hydrogens is 266 g/mol. The average molecular weight is 291 g/mol. The van der Waals surface area contributed by atoms with Gasteiger partial charge in [0.05, 0.1) is 6.10 Å². The molecule has 0 aliphatic carbocycles. The molecule has 8 heteroatoms. The molecule has 0 heterocycles. The van der Waals surface area contributed by atoms with Crippen molar-refractivity contribution >= 4 is 11.9 Å². The SMILES string of the molecule is CCCC[C@H](NN[C@@H](CC[C@@H](O)CN)C(=O)O)C(=O)O. The van der Waals surface area contributed by atoms with Gasteiger partial charge in [-0.1, -0.05) is 19.8 Å². The highest BCUT2D eigenvalue weighted by molar-refractivity contribution is 5.74. The lowest BCUT2D eigenvalue weighted by Crippen LogP contribution is -2.52. The van der Waals surface area contributed by atoms with Crippen LogP contribution in [0, 0.1) is 0 Å². The van der Waals surface area contributed by atoms with Gasteiger partial charge in [0.25, 0.3) is 0 Å². The largest absolute Gasteiger partial charge is 0.480 e. The van der Waals surface area contributed by atoms with E-state index >= 15 is 0 Å². The molecule has 20 heavy (non-hydrogen) atoms. The molecule has 0 saturated carbocycles. The molecule has 0 rings (SSSR count). The van der Waals surface area contributed by atoms with Crippen molar-refractivity contribution in [3.63, 3.8) is 0 Å². The van der Waals surface area contributed by atoms with E-state index in [0.29, 0.717) is 6.42 Å². The van der Waals surface area contributed by atoms with Crippen LogP contribution in [0.15, 0.2) is 0 Å². The second-order valence-corrected chi connectivity index (χ2v) is 4.68. The molecule has 8 nitrogen and oxygen atoms in total. The number of hydrogen-bond donors (Lipinski definition) is 6. The zero-order valence-electron chi connectivity index (χ0n) is 11.7. The summed E-state index contributed by atoms with van der Waals surface area (Å²) in [6, 6.07) is -1.81. The second-order valence-electron chi connectivity index (χ2n) is 4.68. The van der Waals surface area contributed by atoms with Crippen molar-refractivity contribution < 1.29 is 24.9 Å². The molecule has 0 radical (unpaired) electrons. The van der Waals surface area contributed by atoms with E-state index in [9.17, 15) is 14.7 Å². The van der Waals surface area contributed by atoms with Crippen LogP contribution in [-0.2, 0) is 9.59 Å². The fraction of sp³-hybridized carbons (Fsp3) is 0.833. The summed E-state index contributed by atoms with van der Waals surface area (Å²) in [7, 11) is 0. The molecule has 0 unspecified atom stereocenters. The minimum atomic E-state index is -1.11. The molecule has 118 valence electrons. The van der Waals surface area contributed by atoms with E-state index in [2.05, 4.69) is 10.9 Å². The van der Waals surface area contributed by atoms with Crippen molar-refractivity contribution in [2.24, 2.45) is 5.73 Å². The lowest BCUT2D eigenvalue weighted by Gasteiger charge is -2.20. The van der Waals surface area contributed by atoms with Crippen LogP contribution in [-0.4, -0.2) is 52.0 Å². The number of hydrogen-bond acceptors (Lipinski definition) is 6. The second kappa shape index (κ2) is 10.6. The van der Waals surface area contributed by atoms with Gasteiger partial charge in [-0.3, -0.25) is 9.59 Å². The number of carbonyl (C=O) groups is 2. The van der Waals surface area contributed by atoms with Crippen molar-refractivity contribution in [2.45, 2.75) is 57.2 Å². The minimum absolute atomic E-state index is 0.0635. The van der Waals surface area contributed by atoms with Crippen molar-refractivity contribution in [1.29, 1.82) is 0 Å². The summed E-state index contributed by atoms with van der Waals surface area (Å²) in [4.78, 5) is 22.0. The number of aliphatic hydroxyl groups is 1. The summed E-state index contributed by atoms with van der Waals surface area (Å²) >= 11 is 0. The zero-order valence-corrected chi connectivity index (χ0v) is 11.7. The quantitative estimate of drug-likeness (QED) is 0.258. The van der Waals surface area contributed by atoms with E-state index in [0.717, 1.165) is 12.8 Å². The fourth-order valence-corrected chi connectivity index (χ4v) is 1.60. The number of rotatable bonds is 12. The Morgan fingerprint density at radius 2 is 1.55 bits per heavy atom. The number of aliphatic carboxylic acids is 2. The minimum Gasteiger partial charge on any atom is -0.480 e. The highest BCUT2D eigenvalue weighted by Gasteiger charge is 2.22. The number of nitrogens with one attached hydrogen (secondary N) is 2. The maximum Gasteiger partial charge on any atom is 0.322 e. The van der Waals surface area contributed by atoms with Crippen LogP contribution in [0.25, 0.3) is 0 Å². The summed E-state index contributed by atoms with van der Waals surface area (Å²) < 4.78 is 0. The van der Waals surface area contributed by atoms with Crippen LogP contribution in [0.5, 0.6) is 0 Å². The summed E-state index contributed by atoms with van der Waals surface area (Å²) in [6.07, 6.45) is 1.63. The van der Waals surface area contributed by atoms with Crippen LogP contribution >= 0.6 is 0 Å². The first kappa shape index (κ1) is 18.8. The van der Waals surface area contributed by atoms with E-state index in [4.69, 9.17) is 15.9 Å². The van der Waals surface area contributed by atoms with E-state index in [1.165, 1.54) is 0 Å². The lowest BCUT2D eigenvalue weighted by molar-refractivity contribution is -0.143. The maximum atomic E-state index is 11.0. The van der Waals surface area contributed by atoms with E-state index < -0.39 is 30.1 Å². The number of nitrogens with two attached hydrogens (primary N) is 1. The van der Waals surface area contributed by atoms with Crippen LogP contribution < -0.4 is 16.6 Å². The molecule has 0 aromatic rings. The van der Waals surface area contributed by atoms with E-state index in [1.807, 2.05) is 6.92 Å². The van der Waals surface area contributed by atoms with Crippen molar-refractivity contribution in [1.82, 2.24) is 10.9 Å². The van der Waals surface area contributed by atoms with Gasteiger partial charge in [-0.2, -0.15) is 0 Å². The molecule has 0 bridgehead atoms. The first-order valence-electron chi connectivity index (χ1n) is 6.77. The van der Waals surface area contributed by atoms with E-state index in [1.54, 1.807) is 0 Å². The van der Waals surface area contributed by atoms with Gasteiger partial charge in [0.2, 0.25) is 0 Å². The molecule has 0 aromatic carbocycles. The molecule has 0 aliphatic rings. The number of carboxylic acid groups (broad SMARTS) is 2. The standard InChI is InChI=1S/C12H25N3O5/c1-2-3-4-9(11(17)18)14-15-10(12(19)20)6-5-8(16)7-13/h8-10,14-16H,2-7,13H2,1H3,(H,17,18)(H,19,20)/t8-,9+,10+/m1/s1. The third kappa shape index (κ3) is 8.05. The lowest BCUT2D eigenvalue weighted by atomic mass is 10.1. The molecule has 0 amide bonds. The summed E-state index contributed by atoms with van der Waals surface area (Å²) in [6.45, 7) is 2.01. The molecular formula is C12H25N3O5. The van der Waals surface area contributed by atoms with Crippen LogP contribution in [0.2, 0.25) is 0 Å². The van der Waals surface area contributed by atoms with Crippen molar-refractivity contribution in [3.8, 4) is 0 Å². The highest BCUT2D eigenvalue weighted by atomic mass is 16.4. The van der Waals surface area contributed by atoms with Crippen LogP contribution in [0.3, 0.4) is 0 Å². The Balaban J connectivity index is 4.28. The fourth-order valence-electron chi connectivity index (χ4n) is 1.60. The Bertz CT molecular complexity index is 301. The molecule has 0 fully saturated rings. The van der Waals surface area contributed by atoms with Gasteiger partial charge in [-0.25, -0.2) is 10.9 Å². The summed E-state index contributed by atoms with van der Waals surface area (Å²) in [5.41, 5.74) is 10.3. The molecule has 3 atom stereocenters. The van der Waals surface area contributed by atoms with Gasteiger partial charge in [0.1, 0.15) is 12.1 Å². The number of aliphatic hydroxyl groups excluding tert-OH is 1. The number of unbranched alkanes of at least 4 members (excludes halogenated alkanes) is 1.